The molecule has 1 fully saturated rings. The second-order valence-electron chi connectivity index (χ2n) is 1.98. The van der Waals surface area contributed by atoms with Gasteiger partial charge >= 0.3 is 0 Å². The van der Waals surface area contributed by atoms with Crippen molar-refractivity contribution in [3.63, 3.8) is 0 Å². The Kier molecular flexibility index (Phi) is 1.69. The minimum absolute atomic E-state index is 0.306. The van der Waals surface area contributed by atoms with E-state index >= 15 is 0 Å². The molecule has 1 saturated carbocycles. The zero-order chi connectivity index (χ0) is 5.11. The summed E-state index contributed by atoms with van der Waals surface area (Å²) in [7, 11) is 0. The Morgan fingerprint density at radius 3 is 2.86 bits per heavy atom. The van der Waals surface area contributed by atoms with Gasteiger partial charge in [-0.2, -0.15) is 0 Å². The molecule has 1 aliphatic carbocycles. The predicted molar refractivity (Wildman–Crippen MR) is 27.7 cm³/mol. The minimum Gasteiger partial charge on any atom is -0.396 e. The largest absolute Gasteiger partial charge is 0.396 e. The van der Waals surface area contributed by atoms with E-state index in [4.69, 9.17) is 5.11 Å². The average molecular weight is 98.1 g/mol. The molecular weight excluding hydrogens is 88.1 g/mol. The van der Waals surface area contributed by atoms with E-state index in [1.165, 1.54) is 6.42 Å². The lowest BCUT2D eigenvalue weighted by atomic mass is 10.1. The Morgan fingerprint density at radius 1 is 1.71 bits per heavy atom. The van der Waals surface area contributed by atoms with Crippen LogP contribution in [0.15, 0.2) is 0 Å². The van der Waals surface area contributed by atoms with Crippen LogP contribution in [0, 0.1) is 12.3 Å². The van der Waals surface area contributed by atoms with E-state index in [-0.39, 0.29) is 0 Å². The highest BCUT2D eigenvalue weighted by Gasteiger charge is 2.13. The molecule has 0 heterocycles. The lowest BCUT2D eigenvalue weighted by Crippen LogP contribution is -1.98. The Labute approximate surface area is 44.4 Å². The third-order valence-corrected chi connectivity index (χ3v) is 1.38. The fourth-order valence-corrected chi connectivity index (χ4v) is 0.913. The summed E-state index contributed by atoms with van der Waals surface area (Å²) < 4.78 is 0. The third kappa shape index (κ3) is 1.16. The van der Waals surface area contributed by atoms with Crippen molar-refractivity contribution in [2.75, 3.05) is 6.61 Å². The Morgan fingerprint density at radius 2 is 2.57 bits per heavy atom. The highest BCUT2D eigenvalue weighted by atomic mass is 16.3. The van der Waals surface area contributed by atoms with Crippen LogP contribution in [0.4, 0.5) is 0 Å². The van der Waals surface area contributed by atoms with Crippen molar-refractivity contribution < 1.29 is 5.11 Å². The molecule has 1 atom stereocenters. The Balaban J connectivity index is 2.14. The van der Waals surface area contributed by atoms with Gasteiger partial charge in [-0.25, -0.2) is 0 Å². The summed E-state index contributed by atoms with van der Waals surface area (Å²) in [6.45, 7) is 0.306. The lowest BCUT2D eigenvalue weighted by Gasteiger charge is -1.98. The summed E-state index contributed by atoms with van der Waals surface area (Å²) in [5.74, 6) is 0.403. The second-order valence-corrected chi connectivity index (χ2v) is 1.98. The van der Waals surface area contributed by atoms with E-state index in [9.17, 15) is 0 Å². The number of aliphatic hydroxyl groups excluding tert-OH is 1. The Hall–Kier alpha value is -0.0400. The van der Waals surface area contributed by atoms with Crippen LogP contribution < -0.4 is 0 Å². The molecule has 7 heavy (non-hydrogen) atoms. The molecule has 1 heteroatoms. The van der Waals surface area contributed by atoms with Crippen LogP contribution in [0.5, 0.6) is 0 Å². The maximum absolute atomic E-state index is 8.50. The van der Waals surface area contributed by atoms with Gasteiger partial charge in [-0.05, 0) is 25.2 Å². The van der Waals surface area contributed by atoms with E-state index < -0.39 is 0 Å². The van der Waals surface area contributed by atoms with Gasteiger partial charge in [-0.3, -0.25) is 0 Å². The summed E-state index contributed by atoms with van der Waals surface area (Å²) in [6, 6.07) is 0. The van der Waals surface area contributed by atoms with Crippen molar-refractivity contribution in [1.29, 1.82) is 0 Å². The maximum atomic E-state index is 8.50. The standard InChI is InChI=1S/C6H10O/c7-5-6-3-1-2-4-6/h6-7H,1-3,5H2. The van der Waals surface area contributed by atoms with Crippen molar-refractivity contribution >= 4 is 0 Å². The summed E-state index contributed by atoms with van der Waals surface area (Å²) in [5.41, 5.74) is 0. The first-order valence-corrected chi connectivity index (χ1v) is 2.77. The van der Waals surface area contributed by atoms with Gasteiger partial charge in [0.1, 0.15) is 0 Å². The van der Waals surface area contributed by atoms with Crippen molar-refractivity contribution in [2.24, 2.45) is 5.92 Å². The summed E-state index contributed by atoms with van der Waals surface area (Å²) in [4.78, 5) is 0. The molecule has 0 aromatic rings. The first kappa shape index (κ1) is 5.10. The monoisotopic (exact) mass is 98.1 g/mol. The molecule has 2 radical (unpaired) electrons. The number of hydrogen-bond acceptors (Lipinski definition) is 1. The topological polar surface area (TPSA) is 20.2 Å². The van der Waals surface area contributed by atoms with Crippen LogP contribution in [0.25, 0.3) is 0 Å². The summed E-state index contributed by atoms with van der Waals surface area (Å²) in [5, 5.41) is 8.50. The molecule has 1 N–H and O–H groups in total. The Bertz CT molecular complexity index is 46.1. The molecule has 0 saturated heterocycles. The van der Waals surface area contributed by atoms with E-state index in [0.29, 0.717) is 12.5 Å². The third-order valence-electron chi connectivity index (χ3n) is 1.38. The van der Waals surface area contributed by atoms with Crippen LogP contribution in [-0.2, 0) is 0 Å². The SMILES string of the molecule is OCC1[C]CCC1. The average Bonchev–Trinajstić information content (AvgIpc) is 2.14. The molecule has 0 bridgehead atoms. The van der Waals surface area contributed by atoms with Crippen LogP contribution in [0.2, 0.25) is 0 Å². The van der Waals surface area contributed by atoms with Crippen molar-refractivity contribution in [3.8, 4) is 0 Å². The van der Waals surface area contributed by atoms with Gasteiger partial charge in [0, 0.05) is 6.61 Å². The molecule has 1 unspecified atom stereocenters. The molecule has 0 spiro atoms. The normalized spacial score (nSPS) is 23.6. The zero-order valence-electron chi connectivity index (χ0n) is 4.35. The van der Waals surface area contributed by atoms with Crippen LogP contribution in [0.1, 0.15) is 19.3 Å². The molecule has 1 rings (SSSR count). The number of hydrogen-bond donors (Lipinski definition) is 1. The molecule has 0 aromatic heterocycles. The first-order valence-electron chi connectivity index (χ1n) is 2.77. The van der Waals surface area contributed by atoms with E-state index in [2.05, 4.69) is 6.42 Å². The molecule has 0 aromatic carbocycles. The van der Waals surface area contributed by atoms with Crippen LogP contribution in [0.3, 0.4) is 0 Å². The quantitative estimate of drug-likeness (QED) is 0.515. The highest BCUT2D eigenvalue weighted by Crippen LogP contribution is 2.22. The lowest BCUT2D eigenvalue weighted by molar-refractivity contribution is 0.247. The summed E-state index contributed by atoms with van der Waals surface area (Å²) >= 11 is 0. The molecule has 0 aliphatic heterocycles. The van der Waals surface area contributed by atoms with Gasteiger partial charge in [-0.15, -0.1) is 0 Å². The fourth-order valence-electron chi connectivity index (χ4n) is 0.913. The predicted octanol–water partition coefficient (Wildman–Crippen LogP) is 0.860. The second kappa shape index (κ2) is 2.31. The summed E-state index contributed by atoms with van der Waals surface area (Å²) in [6.07, 6.45) is 6.62. The van der Waals surface area contributed by atoms with E-state index in [1.54, 1.807) is 0 Å². The zero-order valence-corrected chi connectivity index (χ0v) is 4.35. The van der Waals surface area contributed by atoms with Gasteiger partial charge in [0.15, 0.2) is 0 Å². The molecule has 0 amide bonds. The van der Waals surface area contributed by atoms with Crippen molar-refractivity contribution in [2.45, 2.75) is 19.3 Å². The molecule has 1 aliphatic rings. The van der Waals surface area contributed by atoms with Gasteiger partial charge in [0.25, 0.3) is 0 Å². The van der Waals surface area contributed by atoms with Gasteiger partial charge < -0.3 is 5.11 Å². The molecule has 40 valence electrons. The van der Waals surface area contributed by atoms with Gasteiger partial charge in [0.2, 0.25) is 0 Å². The highest BCUT2D eigenvalue weighted by molar-refractivity contribution is 4.82. The molecule has 1 nitrogen and oxygen atoms in total. The van der Waals surface area contributed by atoms with Crippen LogP contribution in [-0.4, -0.2) is 11.7 Å². The van der Waals surface area contributed by atoms with Crippen molar-refractivity contribution in [3.05, 3.63) is 6.42 Å². The van der Waals surface area contributed by atoms with E-state index in [0.717, 1.165) is 12.8 Å². The first-order chi connectivity index (χ1) is 3.43. The fraction of sp³-hybridized carbons (Fsp3) is 0.833. The van der Waals surface area contributed by atoms with Gasteiger partial charge in [0.05, 0.1) is 0 Å². The number of rotatable bonds is 1. The van der Waals surface area contributed by atoms with Gasteiger partial charge in [-0.1, -0.05) is 6.42 Å². The van der Waals surface area contributed by atoms with Crippen LogP contribution >= 0.6 is 0 Å². The minimum atomic E-state index is 0.306. The maximum Gasteiger partial charge on any atom is 0.0465 e. The molecular formula is C6H10O. The van der Waals surface area contributed by atoms with Crippen molar-refractivity contribution in [1.82, 2.24) is 0 Å². The van der Waals surface area contributed by atoms with E-state index in [1.807, 2.05) is 0 Å². The number of aliphatic hydroxyl groups is 1. The smallest absolute Gasteiger partial charge is 0.0465 e.